The van der Waals surface area contributed by atoms with Gasteiger partial charge in [-0.05, 0) is 279 Å². The summed E-state index contributed by atoms with van der Waals surface area (Å²) in [6.07, 6.45) is 35.6. The molecule has 6 aromatic heterocycles. The Morgan fingerprint density at radius 2 is 0.489 bits per heavy atom. The van der Waals surface area contributed by atoms with Crippen molar-refractivity contribution in [2.75, 3.05) is 156 Å². The number of anilines is 6. The first-order valence-electron chi connectivity index (χ1n) is 52.3. The zero-order valence-corrected chi connectivity index (χ0v) is 83.2. The van der Waals surface area contributed by atoms with Crippen molar-refractivity contribution >= 4 is 34.9 Å². The van der Waals surface area contributed by atoms with Crippen LogP contribution in [0, 0.1) is 11.8 Å². The lowest BCUT2D eigenvalue weighted by molar-refractivity contribution is 0.122. The van der Waals surface area contributed by atoms with E-state index in [1.807, 2.05) is 109 Å². The number of likely N-dealkylation sites (N-methyl/N-ethyl adjacent to an activating group) is 2. The number of aromatic nitrogens is 12. The Labute approximate surface area is 831 Å². The van der Waals surface area contributed by atoms with E-state index in [9.17, 15) is 30.6 Å². The fourth-order valence-electron chi connectivity index (χ4n) is 21.5. The second kappa shape index (κ2) is 47.2. The molecule has 0 saturated carbocycles. The first kappa shape index (κ1) is 98.5. The van der Waals surface area contributed by atoms with Crippen LogP contribution in [0.3, 0.4) is 0 Å². The highest BCUT2D eigenvalue weighted by molar-refractivity contribution is 5.73. The molecule has 5 aliphatic heterocycles. The lowest BCUT2D eigenvalue weighted by atomic mass is 9.88. The van der Waals surface area contributed by atoms with Crippen molar-refractivity contribution in [1.82, 2.24) is 64.7 Å². The fraction of sp³-hybridized carbons (Fsp3) is 0.474. The van der Waals surface area contributed by atoms with Crippen molar-refractivity contribution in [2.24, 2.45) is 11.8 Å². The molecule has 27 nitrogen and oxygen atoms in total. The lowest BCUT2D eigenvalue weighted by Gasteiger charge is -2.31. The van der Waals surface area contributed by atoms with E-state index in [0.717, 1.165) is 251 Å². The van der Waals surface area contributed by atoms with Gasteiger partial charge in [-0.1, -0.05) is 106 Å². The van der Waals surface area contributed by atoms with Crippen LogP contribution in [0.5, 0.6) is 34.5 Å². The van der Waals surface area contributed by atoms with Crippen LogP contribution in [-0.4, -0.2) is 221 Å². The van der Waals surface area contributed by atoms with E-state index in [1.54, 1.807) is 36.4 Å². The monoisotopic (exact) mass is 1900 g/mol. The Bertz CT molecular complexity index is 6200. The highest BCUT2D eigenvalue weighted by atomic mass is 16.5. The normalized spacial score (nSPS) is 18.1. The molecule has 11 heterocycles. The molecule has 12 aromatic rings. The third kappa shape index (κ3) is 24.0. The minimum Gasteiger partial charge on any atom is -0.507 e. The largest absolute Gasteiger partial charge is 0.507 e. The number of aromatic hydroxyl groups is 6. The van der Waals surface area contributed by atoms with Crippen LogP contribution in [0.15, 0.2) is 146 Å². The number of phenolic OH excluding ortho intramolecular Hbond substituents is 6. The third-order valence-corrected chi connectivity index (χ3v) is 29.3. The topological polar surface area (TPSA) is 317 Å². The van der Waals surface area contributed by atoms with Crippen LogP contribution in [0.1, 0.15) is 203 Å². The average molecular weight is 1910 g/mol. The molecular formula is C114H141N19O8. The molecule has 0 radical (unpaired) electrons. The number of ether oxygens (including phenoxy) is 2. The Hall–Kier alpha value is -12.7. The van der Waals surface area contributed by atoms with Crippen LogP contribution in [-0.2, 0) is 86.5 Å². The lowest BCUT2D eigenvalue weighted by Crippen LogP contribution is -2.38. The molecule has 5 saturated heterocycles. The van der Waals surface area contributed by atoms with Gasteiger partial charge in [0.05, 0.1) is 71.2 Å². The molecule has 0 amide bonds. The van der Waals surface area contributed by atoms with Crippen LogP contribution in [0.4, 0.5) is 34.9 Å². The van der Waals surface area contributed by atoms with E-state index in [0.29, 0.717) is 63.5 Å². The fourth-order valence-corrected chi connectivity index (χ4v) is 21.5. The maximum absolute atomic E-state index is 10.3. The molecular weight excluding hydrogens is 1760 g/mol. The molecule has 2 atom stereocenters. The van der Waals surface area contributed by atoms with Crippen molar-refractivity contribution in [2.45, 2.75) is 213 Å². The molecule has 141 heavy (non-hydrogen) atoms. The minimum absolute atomic E-state index is 0.230. The molecule has 2 unspecified atom stereocenters. The van der Waals surface area contributed by atoms with Gasteiger partial charge in [0, 0.05) is 142 Å². The zero-order valence-electron chi connectivity index (χ0n) is 83.2. The van der Waals surface area contributed by atoms with E-state index in [4.69, 9.17) is 69.3 Å². The number of morpholine rings is 2. The number of rotatable bonds is 15. The Morgan fingerprint density at radius 1 is 0.255 bits per heavy atom. The molecule has 0 bridgehead atoms. The molecule has 23 rings (SSSR count). The summed E-state index contributed by atoms with van der Waals surface area (Å²) in [7, 11) is 6.26. The predicted octanol–water partition coefficient (Wildman–Crippen LogP) is 19.5. The number of benzene rings is 6. The Kier molecular flexibility index (Phi) is 33.0. The minimum atomic E-state index is 0.230. The van der Waals surface area contributed by atoms with Crippen molar-refractivity contribution in [3.05, 3.63) is 213 Å². The van der Waals surface area contributed by atoms with Crippen molar-refractivity contribution in [3.8, 4) is 103 Å². The summed E-state index contributed by atoms with van der Waals surface area (Å²) in [4.78, 5) is 74.4. The molecule has 11 aliphatic rings. The molecule has 6 aliphatic carbocycles. The first-order chi connectivity index (χ1) is 69.0. The third-order valence-electron chi connectivity index (χ3n) is 29.3. The van der Waals surface area contributed by atoms with Crippen LogP contribution in [0.2, 0.25) is 0 Å². The van der Waals surface area contributed by atoms with Gasteiger partial charge in [0.25, 0.3) is 0 Å². The van der Waals surface area contributed by atoms with Gasteiger partial charge in [-0.15, -0.1) is 0 Å². The van der Waals surface area contributed by atoms with E-state index >= 15 is 0 Å². The molecule has 0 spiro atoms. The molecule has 6 N–H and O–H groups in total. The Balaban J connectivity index is 0.000000112. The number of para-hydroxylation sites is 6. The van der Waals surface area contributed by atoms with Crippen molar-refractivity contribution < 1.29 is 40.1 Å². The van der Waals surface area contributed by atoms with E-state index < -0.39 is 0 Å². The van der Waals surface area contributed by atoms with Gasteiger partial charge in [-0.3, -0.25) is 0 Å². The Morgan fingerprint density at radius 3 is 0.787 bits per heavy atom. The highest BCUT2D eigenvalue weighted by Gasteiger charge is 2.34. The summed E-state index contributed by atoms with van der Waals surface area (Å²) < 4.78 is 11.0. The maximum Gasteiger partial charge on any atom is 0.165 e. The summed E-state index contributed by atoms with van der Waals surface area (Å²) in [6, 6.07) is 44.0. The van der Waals surface area contributed by atoms with E-state index in [2.05, 4.69) is 69.3 Å². The summed E-state index contributed by atoms with van der Waals surface area (Å²) in [5.41, 5.74) is 19.2. The summed E-state index contributed by atoms with van der Waals surface area (Å²) in [5, 5.41) is 61.1. The van der Waals surface area contributed by atoms with Crippen LogP contribution in [0.25, 0.3) is 68.3 Å². The van der Waals surface area contributed by atoms with Gasteiger partial charge in [0.1, 0.15) is 69.4 Å². The first-order valence-corrected chi connectivity index (χ1v) is 52.3. The summed E-state index contributed by atoms with van der Waals surface area (Å²) in [6.45, 7) is 19.4. The van der Waals surface area contributed by atoms with Crippen molar-refractivity contribution in [1.29, 1.82) is 0 Å². The number of fused-ring (bicyclic) bond motifs is 6. The van der Waals surface area contributed by atoms with Crippen LogP contribution < -0.4 is 29.4 Å². The number of nitrogens with zero attached hydrogens (tertiary/aromatic N) is 19. The summed E-state index contributed by atoms with van der Waals surface area (Å²) >= 11 is 0. The zero-order chi connectivity index (χ0) is 97.1. The second-order valence-corrected chi connectivity index (χ2v) is 40.0. The number of aryl methyl sites for hydroxylation is 4. The SMILES string of the molecule is CC1CCc2c(nc(-c3ccccc3O)nc2N(C)CCN(C)C)C1.CC1CCc2c(nc(-c3ccccc3O)nc2N2CCCC2)C1.Oc1ccccc1-c1nc2c(c(N3CCCC3)n1)CCCC2.Oc1ccccc1-c1nc2c(c(N3CCCC3)n1)CCCCC2.Oc1ccccc1-c1nc2c(c(N3CCOCC3)n1)CCCC2.Oc1ccccc1-c1nc2c(c(N3CCOCC3)n1)CCCCCC2. The maximum atomic E-state index is 10.3. The standard InChI is InChI=1S/C20H28N4O.C20H25N3O2.2C19H23N3O.C18H21N3O2.C18H21N3O/c1-14-9-10-15-17(13-14)21-19(16-7-5-6-8-18(16)25)22-20(15)24(4)12-11-23(2)3;24-18-10-6-5-8-16(18)19-21-17-9-4-2-1-3-7-15(17)20(22-19)23-11-13-25-14-12-23;1-13-8-9-14-16(12-13)20-18(15-6-2-3-7-17(15)23)21-19(14)22-10-4-5-11-22;23-17-11-5-4-9-15(17)18-20-16-10-3-1-2-8-14(16)19(21-18)22-12-6-7-13-22;22-16-8-4-2-6-14(16)17-19-15-7-3-1-5-13(15)18(20-17)21-9-11-23-12-10-21;22-16-10-4-2-8-14(16)17-19-15-9-3-1-7-13(15)18(20-17)21-11-5-6-12-21/h5-8,14,25H,9-13H2,1-4H3;5-6,8,10,24H,1-4,7,9,11-14H2;2-3,6-7,13,23H,4-5,8-12H2,1H3;4-5,9,11,23H,1-3,6-8,10,12-13H2;2,4,6,8,22H,1,3,5,7,9-12H2;2,4,8,10,22H,1,3,5-7,9,11-12H2. The van der Waals surface area contributed by atoms with E-state index in [1.165, 1.54) is 172 Å². The van der Waals surface area contributed by atoms with Gasteiger partial charge in [-0.2, -0.15) is 0 Å². The molecule has 6 aromatic carbocycles. The van der Waals surface area contributed by atoms with Gasteiger partial charge >= 0.3 is 0 Å². The number of hydrogen-bond acceptors (Lipinski definition) is 27. The van der Waals surface area contributed by atoms with Gasteiger partial charge < -0.3 is 74.4 Å². The van der Waals surface area contributed by atoms with Crippen LogP contribution >= 0.6 is 0 Å². The molecule has 5 fully saturated rings. The smallest absolute Gasteiger partial charge is 0.165 e. The number of hydrogen-bond donors (Lipinski definition) is 6. The van der Waals surface area contributed by atoms with Gasteiger partial charge in [-0.25, -0.2) is 59.8 Å². The number of phenols is 6. The second-order valence-electron chi connectivity index (χ2n) is 40.0. The van der Waals surface area contributed by atoms with Crippen molar-refractivity contribution in [3.63, 3.8) is 0 Å². The molecule has 27 heteroatoms. The average Bonchev–Trinajstić information content (AvgIpc) is 1.79. The quantitative estimate of drug-likeness (QED) is 0.0519. The highest BCUT2D eigenvalue weighted by Crippen LogP contribution is 2.43. The van der Waals surface area contributed by atoms with Gasteiger partial charge in [0.2, 0.25) is 0 Å². The molecule has 740 valence electrons. The summed E-state index contributed by atoms with van der Waals surface area (Å²) in [5.74, 6) is 13.1. The predicted molar refractivity (Wildman–Crippen MR) is 560 cm³/mol. The van der Waals surface area contributed by atoms with E-state index in [-0.39, 0.29) is 34.5 Å². The van der Waals surface area contributed by atoms with Gasteiger partial charge in [0.15, 0.2) is 34.9 Å².